The van der Waals surface area contributed by atoms with Crippen LogP contribution in [-0.4, -0.2) is 58.9 Å². The summed E-state index contributed by atoms with van der Waals surface area (Å²) in [7, 11) is 0. The molecule has 1 aliphatic heterocycles. The maximum absolute atomic E-state index is 9.32. The van der Waals surface area contributed by atoms with E-state index >= 15 is 0 Å². The molecule has 0 saturated carbocycles. The van der Waals surface area contributed by atoms with Crippen molar-refractivity contribution in [3.8, 4) is 0 Å². The van der Waals surface area contributed by atoms with Gasteiger partial charge in [-0.2, -0.15) is 9.97 Å². The molecule has 3 heterocycles. The van der Waals surface area contributed by atoms with Gasteiger partial charge in [0.25, 0.3) is 0 Å². The van der Waals surface area contributed by atoms with Gasteiger partial charge in [-0.05, 0) is 37.3 Å². The largest absolute Gasteiger partial charge is 0.394 e. The molecule has 8 nitrogen and oxygen atoms in total. The summed E-state index contributed by atoms with van der Waals surface area (Å²) in [6, 6.07) is 10.2. The lowest BCUT2D eigenvalue weighted by Gasteiger charge is -2.29. The quantitative estimate of drug-likeness (QED) is 0.454. The first-order valence-electron chi connectivity index (χ1n) is 9.28. The molecule has 0 unspecified atom stereocenters. The van der Waals surface area contributed by atoms with Gasteiger partial charge >= 0.3 is 0 Å². The molecule has 3 aromatic rings. The predicted octanol–water partition coefficient (Wildman–Crippen LogP) is 1.90. The van der Waals surface area contributed by atoms with E-state index in [-0.39, 0.29) is 12.6 Å². The Labute approximate surface area is 158 Å². The van der Waals surface area contributed by atoms with Crippen LogP contribution in [0.2, 0.25) is 0 Å². The highest BCUT2D eigenvalue weighted by molar-refractivity contribution is 5.88. The van der Waals surface area contributed by atoms with Crippen molar-refractivity contribution >= 4 is 34.2 Å². The van der Waals surface area contributed by atoms with Gasteiger partial charge in [-0.3, -0.25) is 0 Å². The minimum absolute atomic E-state index is 0.0339. The summed E-state index contributed by atoms with van der Waals surface area (Å²) < 4.78 is 0. The van der Waals surface area contributed by atoms with Crippen LogP contribution in [0.25, 0.3) is 11.0 Å². The third kappa shape index (κ3) is 3.96. The van der Waals surface area contributed by atoms with Gasteiger partial charge in [0, 0.05) is 49.8 Å². The molecule has 1 aliphatic rings. The number of hydrogen-bond acceptors (Lipinski definition) is 7. The van der Waals surface area contributed by atoms with E-state index in [1.807, 2.05) is 31.3 Å². The molecule has 1 fully saturated rings. The Balaban J connectivity index is 1.54. The predicted molar refractivity (Wildman–Crippen MR) is 109 cm³/mol. The van der Waals surface area contributed by atoms with E-state index in [0.29, 0.717) is 11.8 Å². The molecule has 8 heteroatoms. The zero-order valence-electron chi connectivity index (χ0n) is 15.4. The van der Waals surface area contributed by atoms with Gasteiger partial charge < -0.3 is 30.9 Å². The summed E-state index contributed by atoms with van der Waals surface area (Å²) >= 11 is 0. The number of nitrogens with zero attached hydrogens (tertiary/aromatic N) is 3. The second kappa shape index (κ2) is 7.81. The highest BCUT2D eigenvalue weighted by atomic mass is 16.3. The van der Waals surface area contributed by atoms with E-state index < -0.39 is 0 Å². The Morgan fingerprint density at radius 2 is 1.93 bits per heavy atom. The lowest BCUT2D eigenvalue weighted by molar-refractivity contribution is 0.281. The molecule has 0 spiro atoms. The minimum Gasteiger partial charge on any atom is -0.394 e. The molecular formula is C19H25N7O. The van der Waals surface area contributed by atoms with Crippen LogP contribution in [0.15, 0.2) is 36.5 Å². The lowest BCUT2D eigenvalue weighted by atomic mass is 10.2. The molecule has 0 bridgehead atoms. The maximum Gasteiger partial charge on any atom is 0.231 e. The molecule has 1 saturated heterocycles. The van der Waals surface area contributed by atoms with Crippen molar-refractivity contribution in [1.82, 2.24) is 20.3 Å². The van der Waals surface area contributed by atoms with Crippen LogP contribution in [0.3, 0.4) is 0 Å². The number of nitrogens with one attached hydrogen (secondary N) is 4. The number of rotatable bonds is 6. The second-order valence-electron chi connectivity index (χ2n) is 6.77. The van der Waals surface area contributed by atoms with Gasteiger partial charge in [0.05, 0.1) is 12.0 Å². The second-order valence-corrected chi connectivity index (χ2v) is 6.77. The molecule has 0 aliphatic carbocycles. The summed E-state index contributed by atoms with van der Waals surface area (Å²) in [5.41, 5.74) is 2.90. The number of H-pyrrole nitrogens is 1. The SMILES string of the molecule is C[C@@H](CO)Nc1nc(Nc2ccc(N3CCNCC3)cc2)nc2[nH]ccc12. The van der Waals surface area contributed by atoms with Gasteiger partial charge in [0.1, 0.15) is 11.5 Å². The fourth-order valence-electron chi connectivity index (χ4n) is 3.19. The fourth-order valence-corrected chi connectivity index (χ4v) is 3.19. The first-order valence-corrected chi connectivity index (χ1v) is 9.28. The number of aliphatic hydroxyl groups is 1. The third-order valence-corrected chi connectivity index (χ3v) is 4.68. The average Bonchev–Trinajstić information content (AvgIpc) is 3.18. The number of hydrogen-bond donors (Lipinski definition) is 5. The fraction of sp³-hybridized carbons (Fsp3) is 0.368. The Morgan fingerprint density at radius 3 is 2.67 bits per heavy atom. The Bertz CT molecular complexity index is 887. The van der Waals surface area contributed by atoms with E-state index in [1.54, 1.807) is 0 Å². The van der Waals surface area contributed by atoms with Crippen molar-refractivity contribution in [2.75, 3.05) is 48.3 Å². The summed E-state index contributed by atoms with van der Waals surface area (Å²) in [5.74, 6) is 1.20. The van der Waals surface area contributed by atoms with Crippen LogP contribution >= 0.6 is 0 Å². The van der Waals surface area contributed by atoms with Crippen LogP contribution in [0.1, 0.15) is 6.92 Å². The van der Waals surface area contributed by atoms with E-state index in [9.17, 15) is 5.11 Å². The topological polar surface area (TPSA) is 101 Å². The molecule has 5 N–H and O–H groups in total. The van der Waals surface area contributed by atoms with Gasteiger partial charge in [0.15, 0.2) is 0 Å². The Morgan fingerprint density at radius 1 is 1.15 bits per heavy atom. The molecule has 0 amide bonds. The van der Waals surface area contributed by atoms with Crippen molar-refractivity contribution < 1.29 is 5.11 Å². The first kappa shape index (κ1) is 17.6. The number of aliphatic hydroxyl groups excluding tert-OH is 1. The van der Waals surface area contributed by atoms with Crippen molar-refractivity contribution in [3.05, 3.63) is 36.5 Å². The highest BCUT2D eigenvalue weighted by Gasteiger charge is 2.12. The van der Waals surface area contributed by atoms with E-state index in [1.165, 1.54) is 5.69 Å². The van der Waals surface area contributed by atoms with Crippen LogP contribution in [-0.2, 0) is 0 Å². The van der Waals surface area contributed by atoms with Crippen LogP contribution < -0.4 is 20.9 Å². The molecule has 1 aromatic carbocycles. The van der Waals surface area contributed by atoms with Crippen molar-refractivity contribution in [2.24, 2.45) is 0 Å². The smallest absolute Gasteiger partial charge is 0.231 e. The summed E-state index contributed by atoms with van der Waals surface area (Å²) in [6.45, 7) is 6.03. The average molecular weight is 367 g/mol. The van der Waals surface area contributed by atoms with E-state index in [4.69, 9.17) is 0 Å². The van der Waals surface area contributed by atoms with Crippen LogP contribution in [0.5, 0.6) is 0 Å². The molecule has 0 radical (unpaired) electrons. The molecule has 1 atom stereocenters. The monoisotopic (exact) mass is 367 g/mol. The minimum atomic E-state index is -0.0934. The lowest BCUT2D eigenvalue weighted by Crippen LogP contribution is -2.43. The number of fused-ring (bicyclic) bond motifs is 1. The van der Waals surface area contributed by atoms with Crippen molar-refractivity contribution in [1.29, 1.82) is 0 Å². The number of piperazine rings is 1. The van der Waals surface area contributed by atoms with Crippen LogP contribution in [0, 0.1) is 0 Å². The zero-order chi connectivity index (χ0) is 18.6. The van der Waals surface area contributed by atoms with Gasteiger partial charge in [-0.15, -0.1) is 0 Å². The normalized spacial score (nSPS) is 15.7. The summed E-state index contributed by atoms with van der Waals surface area (Å²) in [6.07, 6.45) is 1.83. The zero-order valence-corrected chi connectivity index (χ0v) is 15.4. The van der Waals surface area contributed by atoms with Crippen LogP contribution in [0.4, 0.5) is 23.1 Å². The van der Waals surface area contributed by atoms with Crippen molar-refractivity contribution in [3.63, 3.8) is 0 Å². The molecule has 27 heavy (non-hydrogen) atoms. The van der Waals surface area contributed by atoms with Crippen molar-refractivity contribution in [2.45, 2.75) is 13.0 Å². The maximum atomic E-state index is 9.32. The first-order chi connectivity index (χ1) is 13.2. The Hall–Kier alpha value is -2.84. The van der Waals surface area contributed by atoms with Gasteiger partial charge in [0.2, 0.25) is 5.95 Å². The van der Waals surface area contributed by atoms with E-state index in [0.717, 1.165) is 42.9 Å². The summed E-state index contributed by atoms with van der Waals surface area (Å²) in [5, 5.41) is 20.1. The molecule has 2 aromatic heterocycles. The third-order valence-electron chi connectivity index (χ3n) is 4.68. The molecule has 4 rings (SSSR count). The van der Waals surface area contributed by atoms with Gasteiger partial charge in [-0.1, -0.05) is 0 Å². The number of aromatic nitrogens is 3. The van der Waals surface area contributed by atoms with Gasteiger partial charge in [-0.25, -0.2) is 0 Å². The number of aromatic amines is 1. The van der Waals surface area contributed by atoms with E-state index in [2.05, 4.69) is 47.9 Å². The number of anilines is 4. The molecular weight excluding hydrogens is 342 g/mol. The molecule has 142 valence electrons. The number of benzene rings is 1. The Kier molecular flexibility index (Phi) is 5.08. The standard InChI is InChI=1S/C19H25N7O/c1-13(12-27)22-18-16-6-7-21-17(16)24-19(25-18)23-14-2-4-15(5-3-14)26-10-8-20-9-11-26/h2-7,13,20,27H,8-12H2,1H3,(H3,21,22,23,24,25)/t13-/m0/s1. The highest BCUT2D eigenvalue weighted by Crippen LogP contribution is 2.25. The summed E-state index contributed by atoms with van der Waals surface area (Å²) in [4.78, 5) is 14.6.